The zero-order valence-corrected chi connectivity index (χ0v) is 19.7. The van der Waals surface area contributed by atoms with E-state index in [1.165, 1.54) is 18.1 Å². The summed E-state index contributed by atoms with van der Waals surface area (Å²) in [7, 11) is 0. The number of rotatable bonds is 4. The largest absolute Gasteiger partial charge is 0.382 e. The molecule has 6 nitrogen and oxygen atoms in total. The van der Waals surface area contributed by atoms with Crippen molar-refractivity contribution in [1.82, 2.24) is 20.2 Å². The molecule has 3 heterocycles. The highest BCUT2D eigenvalue weighted by molar-refractivity contribution is 5.97. The van der Waals surface area contributed by atoms with Crippen LogP contribution >= 0.6 is 0 Å². The third kappa shape index (κ3) is 3.50. The van der Waals surface area contributed by atoms with E-state index in [9.17, 15) is 9.18 Å². The zero-order chi connectivity index (χ0) is 24.5. The van der Waals surface area contributed by atoms with Crippen molar-refractivity contribution in [3.8, 4) is 22.5 Å². The zero-order valence-electron chi connectivity index (χ0n) is 19.7. The highest BCUT2D eigenvalue weighted by Gasteiger charge is 2.60. The number of nitrogen functional groups attached to an aromatic ring is 1. The first-order valence-corrected chi connectivity index (χ1v) is 12.1. The van der Waals surface area contributed by atoms with E-state index in [0.29, 0.717) is 41.6 Å². The van der Waals surface area contributed by atoms with E-state index >= 15 is 4.39 Å². The van der Waals surface area contributed by atoms with Gasteiger partial charge in [0.25, 0.3) is 5.91 Å². The van der Waals surface area contributed by atoms with E-state index in [0.717, 1.165) is 13.1 Å². The third-order valence-corrected chi connectivity index (χ3v) is 7.89. The van der Waals surface area contributed by atoms with Crippen molar-refractivity contribution in [3.05, 3.63) is 64.9 Å². The number of carbonyl (C=O) groups excluding carboxylic acids is 1. The summed E-state index contributed by atoms with van der Waals surface area (Å²) in [4.78, 5) is 22.8. The molecular weight excluding hydrogens is 448 g/mol. The Hall–Kier alpha value is -3.39. The van der Waals surface area contributed by atoms with Crippen LogP contribution in [0.1, 0.15) is 41.8 Å². The number of nitrogens with zero attached hydrogens (tertiary/aromatic N) is 3. The fraction of sp³-hybridized carbons (Fsp3) is 0.370. The maximum absolute atomic E-state index is 15.0. The molecule has 1 aromatic heterocycles. The Balaban J connectivity index is 1.35. The molecule has 1 saturated heterocycles. The summed E-state index contributed by atoms with van der Waals surface area (Å²) in [5.41, 5.74) is 9.19. The Labute approximate surface area is 202 Å². The molecule has 6 rings (SSSR count). The van der Waals surface area contributed by atoms with Crippen LogP contribution < -0.4 is 11.1 Å². The fourth-order valence-corrected chi connectivity index (χ4v) is 5.75. The molecule has 1 aliphatic carbocycles. The minimum absolute atomic E-state index is 0.0238. The van der Waals surface area contributed by atoms with Crippen molar-refractivity contribution in [3.63, 3.8) is 0 Å². The highest BCUT2D eigenvalue weighted by atomic mass is 19.1. The molecule has 0 unspecified atom stereocenters. The van der Waals surface area contributed by atoms with Crippen LogP contribution in [0.2, 0.25) is 0 Å². The number of halogens is 2. The molecule has 1 saturated carbocycles. The molecule has 35 heavy (non-hydrogen) atoms. The topological polar surface area (TPSA) is 84.1 Å². The van der Waals surface area contributed by atoms with Crippen molar-refractivity contribution >= 4 is 11.7 Å². The fourth-order valence-electron chi connectivity index (χ4n) is 5.75. The molecule has 8 heteroatoms. The second-order valence-electron chi connectivity index (χ2n) is 10.2. The van der Waals surface area contributed by atoms with Gasteiger partial charge in [-0.3, -0.25) is 9.69 Å². The number of anilines is 1. The van der Waals surface area contributed by atoms with Gasteiger partial charge < -0.3 is 11.1 Å². The van der Waals surface area contributed by atoms with Crippen molar-refractivity contribution in [2.24, 2.45) is 5.92 Å². The Kier molecular flexibility index (Phi) is 4.93. The number of amides is 1. The summed E-state index contributed by atoms with van der Waals surface area (Å²) in [5.74, 6) is -1.28. The van der Waals surface area contributed by atoms with Crippen LogP contribution in [0.4, 0.5) is 14.6 Å². The summed E-state index contributed by atoms with van der Waals surface area (Å²) >= 11 is 0. The second-order valence-corrected chi connectivity index (χ2v) is 10.2. The molecule has 2 atom stereocenters. The first-order chi connectivity index (χ1) is 16.8. The van der Waals surface area contributed by atoms with Crippen LogP contribution in [0.3, 0.4) is 0 Å². The van der Waals surface area contributed by atoms with Crippen LogP contribution in [0.5, 0.6) is 0 Å². The Bertz CT molecular complexity index is 1360. The van der Waals surface area contributed by atoms with E-state index in [2.05, 4.69) is 46.2 Å². The Morgan fingerprint density at radius 2 is 1.89 bits per heavy atom. The Morgan fingerprint density at radius 3 is 2.60 bits per heavy atom. The number of nitrogens with two attached hydrogens (primary N) is 1. The summed E-state index contributed by atoms with van der Waals surface area (Å²) in [6.07, 6.45) is 1.75. The standard InChI is InChI=1S/C27H27F2N5O/c1-14(2)34-12-18-11-27(18,13-34)17-5-3-15(4-6-17)22-24(29)33-25(30)23(32-22)20-9-16-7-8-31-26(35)19(16)10-21(20)28/h3-6,9-10,14,18H,7-8,11-13H2,1-2H3,(H2,30,33)(H,31,35)/t18-,27+/m0/s1. The molecule has 3 N–H and O–H groups in total. The van der Waals surface area contributed by atoms with Gasteiger partial charge in [-0.2, -0.15) is 9.37 Å². The van der Waals surface area contributed by atoms with Crippen molar-refractivity contribution in [2.45, 2.75) is 38.1 Å². The average molecular weight is 476 g/mol. The lowest BCUT2D eigenvalue weighted by atomic mass is 9.93. The van der Waals surface area contributed by atoms with E-state index in [-0.39, 0.29) is 34.1 Å². The van der Waals surface area contributed by atoms with E-state index in [1.807, 2.05) is 12.1 Å². The van der Waals surface area contributed by atoms with E-state index in [1.54, 1.807) is 6.07 Å². The lowest BCUT2D eigenvalue weighted by Crippen LogP contribution is -2.32. The number of piperidine rings is 1. The van der Waals surface area contributed by atoms with Gasteiger partial charge in [-0.15, -0.1) is 0 Å². The van der Waals surface area contributed by atoms with Crippen LogP contribution in [-0.4, -0.2) is 46.5 Å². The van der Waals surface area contributed by atoms with Crippen molar-refractivity contribution < 1.29 is 13.6 Å². The molecule has 2 aliphatic heterocycles. The maximum atomic E-state index is 15.0. The molecule has 0 radical (unpaired) electrons. The molecular formula is C27H27F2N5O. The third-order valence-electron chi connectivity index (χ3n) is 7.89. The number of nitrogens with one attached hydrogen (secondary N) is 1. The molecule has 0 bridgehead atoms. The van der Waals surface area contributed by atoms with Gasteiger partial charge in [0, 0.05) is 47.8 Å². The van der Waals surface area contributed by atoms with Gasteiger partial charge in [-0.1, -0.05) is 24.3 Å². The van der Waals surface area contributed by atoms with Gasteiger partial charge in [0.15, 0.2) is 5.82 Å². The second kappa shape index (κ2) is 7.81. The number of hydrogen-bond acceptors (Lipinski definition) is 5. The number of likely N-dealkylation sites (tertiary alicyclic amines) is 1. The first-order valence-electron chi connectivity index (χ1n) is 12.1. The van der Waals surface area contributed by atoms with Gasteiger partial charge in [0.2, 0.25) is 5.95 Å². The molecule has 3 aromatic rings. The van der Waals surface area contributed by atoms with Crippen LogP contribution in [0.15, 0.2) is 36.4 Å². The molecule has 180 valence electrons. The smallest absolute Gasteiger partial charge is 0.251 e. The number of carbonyl (C=O) groups is 1. The van der Waals surface area contributed by atoms with E-state index < -0.39 is 11.8 Å². The summed E-state index contributed by atoms with van der Waals surface area (Å²) in [6, 6.07) is 11.1. The van der Waals surface area contributed by atoms with Crippen LogP contribution in [0.25, 0.3) is 22.5 Å². The minimum Gasteiger partial charge on any atom is -0.382 e. The van der Waals surface area contributed by atoms with Gasteiger partial charge in [0.05, 0.1) is 0 Å². The predicted octanol–water partition coefficient (Wildman–Crippen LogP) is 3.94. The summed E-state index contributed by atoms with van der Waals surface area (Å²) in [5, 5.41) is 2.70. The van der Waals surface area contributed by atoms with Crippen molar-refractivity contribution in [2.75, 3.05) is 25.4 Å². The SMILES string of the molecule is CC(C)N1C[C@@H]2C[C@]2(c2ccc(-c3nc(-c4cc5c(cc4F)C(=O)NCC5)c(N)nc3F)cc2)C1. The molecule has 0 spiro atoms. The van der Waals surface area contributed by atoms with Gasteiger partial charge in [-0.05, 0) is 55.9 Å². The lowest BCUT2D eigenvalue weighted by Gasteiger charge is -2.24. The predicted molar refractivity (Wildman–Crippen MR) is 130 cm³/mol. The number of aromatic nitrogens is 2. The number of benzene rings is 2. The Morgan fingerprint density at radius 1 is 1.11 bits per heavy atom. The molecule has 3 aliphatic rings. The lowest BCUT2D eigenvalue weighted by molar-refractivity contribution is 0.0945. The van der Waals surface area contributed by atoms with Gasteiger partial charge in [-0.25, -0.2) is 9.37 Å². The molecule has 1 amide bonds. The minimum atomic E-state index is -0.800. The highest BCUT2D eigenvalue weighted by Crippen LogP contribution is 2.59. The van der Waals surface area contributed by atoms with Crippen LogP contribution in [0, 0.1) is 17.7 Å². The average Bonchev–Trinajstić information content (AvgIpc) is 3.40. The number of fused-ring (bicyclic) bond motifs is 2. The van der Waals surface area contributed by atoms with Gasteiger partial charge >= 0.3 is 0 Å². The molecule has 2 aromatic carbocycles. The monoisotopic (exact) mass is 475 g/mol. The van der Waals surface area contributed by atoms with Crippen LogP contribution in [-0.2, 0) is 11.8 Å². The van der Waals surface area contributed by atoms with Crippen molar-refractivity contribution in [1.29, 1.82) is 0 Å². The summed E-state index contributed by atoms with van der Waals surface area (Å²) < 4.78 is 29.9. The van der Waals surface area contributed by atoms with Gasteiger partial charge in [0.1, 0.15) is 17.2 Å². The number of hydrogen-bond donors (Lipinski definition) is 2. The maximum Gasteiger partial charge on any atom is 0.251 e. The first kappa shape index (κ1) is 22.1. The quantitative estimate of drug-likeness (QED) is 0.597. The van der Waals surface area contributed by atoms with E-state index in [4.69, 9.17) is 5.73 Å². The molecule has 2 fully saturated rings. The summed E-state index contributed by atoms with van der Waals surface area (Å²) in [6.45, 7) is 7.08. The normalized spacial score (nSPS) is 23.2.